The molecule has 1 rings (SSSR count). The molecule has 1 unspecified atom stereocenters. The third-order valence-corrected chi connectivity index (χ3v) is 3.61. The highest BCUT2D eigenvalue weighted by molar-refractivity contribution is 9.11. The number of amides is 1. The number of nitrogens with one attached hydrogen (secondary N) is 1. The van der Waals surface area contributed by atoms with E-state index in [9.17, 15) is 9.59 Å². The van der Waals surface area contributed by atoms with Gasteiger partial charge in [-0.3, -0.25) is 4.79 Å². The van der Waals surface area contributed by atoms with E-state index in [1.807, 2.05) is 0 Å². The highest BCUT2D eigenvalue weighted by Gasteiger charge is 2.19. The smallest absolute Gasteiger partial charge is 0.326 e. The van der Waals surface area contributed by atoms with E-state index in [0.29, 0.717) is 10.2 Å². The van der Waals surface area contributed by atoms with Gasteiger partial charge in [0.15, 0.2) is 6.61 Å². The SMILES string of the molecule is COCCC(NC(=O)COc1ccc(Br)cc1Br)C(=O)O. The van der Waals surface area contributed by atoms with Crippen LogP contribution in [0.4, 0.5) is 0 Å². The minimum atomic E-state index is -1.11. The first-order valence-electron chi connectivity index (χ1n) is 6.03. The number of carbonyl (C=O) groups excluding carboxylic acids is 1. The predicted molar refractivity (Wildman–Crippen MR) is 83.4 cm³/mol. The quantitative estimate of drug-likeness (QED) is 0.668. The molecule has 1 amide bonds. The Labute approximate surface area is 139 Å². The second kappa shape index (κ2) is 9.01. The molecule has 0 fully saturated rings. The van der Waals surface area contributed by atoms with Crippen molar-refractivity contribution in [2.24, 2.45) is 0 Å². The van der Waals surface area contributed by atoms with E-state index in [2.05, 4.69) is 37.2 Å². The van der Waals surface area contributed by atoms with E-state index in [4.69, 9.17) is 14.6 Å². The lowest BCUT2D eigenvalue weighted by molar-refractivity contribution is -0.142. The number of ether oxygens (including phenoxy) is 2. The third kappa shape index (κ3) is 6.45. The molecule has 1 aromatic rings. The number of carboxylic acid groups (broad SMARTS) is 1. The van der Waals surface area contributed by atoms with E-state index in [-0.39, 0.29) is 19.6 Å². The summed E-state index contributed by atoms with van der Waals surface area (Å²) in [5.74, 6) is -1.12. The van der Waals surface area contributed by atoms with Crippen LogP contribution >= 0.6 is 31.9 Å². The van der Waals surface area contributed by atoms with Crippen molar-refractivity contribution in [1.82, 2.24) is 5.32 Å². The maximum Gasteiger partial charge on any atom is 0.326 e. The normalized spacial score (nSPS) is 11.8. The van der Waals surface area contributed by atoms with Gasteiger partial charge in [0.05, 0.1) is 4.47 Å². The van der Waals surface area contributed by atoms with Crippen LogP contribution in [0.15, 0.2) is 27.1 Å². The number of rotatable bonds is 8. The van der Waals surface area contributed by atoms with Gasteiger partial charge < -0.3 is 19.9 Å². The number of benzene rings is 1. The number of carboxylic acids is 1. The lowest BCUT2D eigenvalue weighted by Crippen LogP contribution is -2.43. The van der Waals surface area contributed by atoms with Crippen molar-refractivity contribution in [2.75, 3.05) is 20.3 Å². The van der Waals surface area contributed by atoms with Gasteiger partial charge in [-0.15, -0.1) is 0 Å². The molecule has 0 bridgehead atoms. The van der Waals surface area contributed by atoms with Crippen molar-refractivity contribution in [2.45, 2.75) is 12.5 Å². The van der Waals surface area contributed by atoms with Gasteiger partial charge >= 0.3 is 5.97 Å². The Hall–Kier alpha value is -1.12. The molecule has 2 N–H and O–H groups in total. The molecule has 1 atom stereocenters. The van der Waals surface area contributed by atoms with Crippen LogP contribution in [0.1, 0.15) is 6.42 Å². The molecule has 0 aliphatic rings. The fourth-order valence-electron chi connectivity index (χ4n) is 1.46. The molecular weight excluding hydrogens is 410 g/mol. The Kier molecular flexibility index (Phi) is 7.69. The zero-order chi connectivity index (χ0) is 15.8. The van der Waals surface area contributed by atoms with Crippen molar-refractivity contribution in [3.8, 4) is 5.75 Å². The number of aliphatic carboxylic acids is 1. The average molecular weight is 425 g/mol. The molecule has 8 heteroatoms. The molecule has 0 radical (unpaired) electrons. The average Bonchev–Trinajstić information content (AvgIpc) is 2.42. The monoisotopic (exact) mass is 423 g/mol. The summed E-state index contributed by atoms with van der Waals surface area (Å²) < 4.78 is 11.7. The van der Waals surface area contributed by atoms with E-state index in [1.54, 1.807) is 18.2 Å². The van der Waals surface area contributed by atoms with Gasteiger partial charge in [-0.25, -0.2) is 4.79 Å². The molecule has 0 spiro atoms. The summed E-state index contributed by atoms with van der Waals surface area (Å²) in [7, 11) is 1.47. The zero-order valence-corrected chi connectivity index (χ0v) is 14.4. The van der Waals surface area contributed by atoms with Crippen molar-refractivity contribution in [1.29, 1.82) is 0 Å². The highest BCUT2D eigenvalue weighted by atomic mass is 79.9. The molecule has 0 aromatic heterocycles. The van der Waals surface area contributed by atoms with Crippen LogP contribution in [-0.2, 0) is 14.3 Å². The number of hydrogen-bond donors (Lipinski definition) is 2. The second-order valence-electron chi connectivity index (χ2n) is 4.10. The van der Waals surface area contributed by atoms with Crippen molar-refractivity contribution in [3.05, 3.63) is 27.1 Å². The summed E-state index contributed by atoms with van der Waals surface area (Å²) in [5, 5.41) is 11.4. The minimum Gasteiger partial charge on any atom is -0.483 e. The van der Waals surface area contributed by atoms with Crippen molar-refractivity contribution >= 4 is 43.7 Å². The molecule has 0 saturated heterocycles. The number of halogens is 2. The largest absolute Gasteiger partial charge is 0.483 e. The van der Waals surface area contributed by atoms with Crippen LogP contribution in [-0.4, -0.2) is 43.3 Å². The van der Waals surface area contributed by atoms with Gasteiger partial charge in [-0.05, 0) is 34.1 Å². The Morgan fingerprint density at radius 1 is 1.38 bits per heavy atom. The first-order chi connectivity index (χ1) is 9.93. The van der Waals surface area contributed by atoms with Crippen molar-refractivity contribution < 1.29 is 24.2 Å². The summed E-state index contributed by atoms with van der Waals surface area (Å²) in [6, 6.07) is 4.26. The first-order valence-corrected chi connectivity index (χ1v) is 7.61. The standard InChI is InChI=1S/C13H15Br2NO5/c1-20-5-4-10(13(18)19)16-12(17)7-21-11-3-2-8(14)6-9(11)15/h2-3,6,10H,4-5,7H2,1H3,(H,16,17)(H,18,19). The lowest BCUT2D eigenvalue weighted by Gasteiger charge is -2.14. The fraction of sp³-hybridized carbons (Fsp3) is 0.385. The Morgan fingerprint density at radius 3 is 2.67 bits per heavy atom. The molecule has 0 heterocycles. The Morgan fingerprint density at radius 2 is 2.10 bits per heavy atom. The van der Waals surface area contributed by atoms with Crippen LogP contribution in [0.3, 0.4) is 0 Å². The third-order valence-electron chi connectivity index (χ3n) is 2.50. The van der Waals surface area contributed by atoms with E-state index in [0.717, 1.165) is 4.47 Å². The summed E-state index contributed by atoms with van der Waals surface area (Å²) >= 11 is 6.62. The van der Waals surface area contributed by atoms with Gasteiger partial charge in [0, 0.05) is 24.6 Å². The van der Waals surface area contributed by atoms with Crippen LogP contribution < -0.4 is 10.1 Å². The van der Waals surface area contributed by atoms with Gasteiger partial charge in [0.2, 0.25) is 0 Å². The van der Waals surface area contributed by atoms with Gasteiger partial charge in [0.1, 0.15) is 11.8 Å². The Balaban J connectivity index is 2.50. The van der Waals surface area contributed by atoms with Crippen LogP contribution in [0.5, 0.6) is 5.75 Å². The maximum atomic E-state index is 11.7. The minimum absolute atomic E-state index is 0.194. The number of carbonyl (C=O) groups is 2. The number of hydrogen-bond acceptors (Lipinski definition) is 4. The molecular formula is C13H15Br2NO5. The molecule has 0 aliphatic carbocycles. The predicted octanol–water partition coefficient (Wildman–Crippen LogP) is 2.20. The van der Waals surface area contributed by atoms with E-state index < -0.39 is 17.9 Å². The second-order valence-corrected chi connectivity index (χ2v) is 5.87. The molecule has 116 valence electrons. The molecule has 6 nitrogen and oxygen atoms in total. The van der Waals surface area contributed by atoms with Crippen LogP contribution in [0, 0.1) is 0 Å². The van der Waals surface area contributed by atoms with Gasteiger partial charge in [-0.1, -0.05) is 15.9 Å². The molecule has 0 saturated carbocycles. The van der Waals surface area contributed by atoms with E-state index >= 15 is 0 Å². The summed E-state index contributed by atoms with van der Waals surface area (Å²) in [5.41, 5.74) is 0. The molecule has 1 aromatic carbocycles. The topological polar surface area (TPSA) is 84.9 Å². The summed E-state index contributed by atoms with van der Waals surface area (Å²) in [6.45, 7) is -0.0205. The fourth-order valence-corrected chi connectivity index (χ4v) is 2.63. The number of methoxy groups -OCH3 is 1. The summed E-state index contributed by atoms with van der Waals surface area (Å²) in [4.78, 5) is 22.7. The lowest BCUT2D eigenvalue weighted by atomic mass is 10.2. The Bertz CT molecular complexity index is 509. The van der Waals surface area contributed by atoms with Crippen LogP contribution in [0.25, 0.3) is 0 Å². The first kappa shape index (κ1) is 17.9. The maximum absolute atomic E-state index is 11.7. The highest BCUT2D eigenvalue weighted by Crippen LogP contribution is 2.28. The molecule has 0 aliphatic heterocycles. The molecule has 21 heavy (non-hydrogen) atoms. The summed E-state index contributed by atoms with van der Waals surface area (Å²) in [6.07, 6.45) is 0.194. The van der Waals surface area contributed by atoms with Gasteiger partial charge in [0.25, 0.3) is 5.91 Å². The van der Waals surface area contributed by atoms with E-state index in [1.165, 1.54) is 7.11 Å². The van der Waals surface area contributed by atoms with Crippen LogP contribution in [0.2, 0.25) is 0 Å². The van der Waals surface area contributed by atoms with Gasteiger partial charge in [-0.2, -0.15) is 0 Å². The zero-order valence-electron chi connectivity index (χ0n) is 11.3. The van der Waals surface area contributed by atoms with Crippen molar-refractivity contribution in [3.63, 3.8) is 0 Å².